The first-order chi connectivity index (χ1) is 8.51. The number of hydrogen-bond acceptors (Lipinski definition) is 2. The van der Waals surface area contributed by atoms with Gasteiger partial charge in [0.25, 0.3) is 0 Å². The minimum absolute atomic E-state index is 0. The second-order valence-corrected chi connectivity index (χ2v) is 6.19. The summed E-state index contributed by atoms with van der Waals surface area (Å²) in [5.74, 6) is 0.0592. The van der Waals surface area contributed by atoms with Gasteiger partial charge in [-0.2, -0.15) is 0 Å². The van der Waals surface area contributed by atoms with Crippen molar-refractivity contribution >= 4 is 51.5 Å². The van der Waals surface area contributed by atoms with Crippen LogP contribution in [-0.4, -0.2) is 19.0 Å². The lowest BCUT2D eigenvalue weighted by Crippen LogP contribution is -2.46. The Bertz CT molecular complexity index is 462. The summed E-state index contributed by atoms with van der Waals surface area (Å²) in [6.07, 6.45) is 1.95. The quantitative estimate of drug-likeness (QED) is 0.833. The number of benzene rings is 1. The van der Waals surface area contributed by atoms with Gasteiger partial charge >= 0.3 is 0 Å². The summed E-state index contributed by atoms with van der Waals surface area (Å²) < 4.78 is 0.786. The van der Waals surface area contributed by atoms with Crippen molar-refractivity contribution in [1.82, 2.24) is 5.32 Å². The van der Waals surface area contributed by atoms with Crippen LogP contribution in [-0.2, 0) is 4.79 Å². The lowest BCUT2D eigenvalue weighted by atomic mass is 9.82. The molecule has 1 atom stereocenters. The summed E-state index contributed by atoms with van der Waals surface area (Å²) in [6, 6.07) is 5.40. The Morgan fingerprint density at radius 3 is 2.84 bits per heavy atom. The van der Waals surface area contributed by atoms with Crippen molar-refractivity contribution in [1.29, 1.82) is 0 Å². The van der Waals surface area contributed by atoms with Gasteiger partial charge in [0.2, 0.25) is 5.91 Å². The lowest BCUT2D eigenvalue weighted by molar-refractivity contribution is -0.125. The third-order valence-corrected chi connectivity index (χ3v) is 4.54. The Kier molecular flexibility index (Phi) is 6.12. The molecule has 2 rings (SSSR count). The maximum atomic E-state index is 12.3. The molecule has 0 radical (unpaired) electrons. The second kappa shape index (κ2) is 6.93. The van der Waals surface area contributed by atoms with E-state index in [0.717, 1.165) is 36.1 Å². The largest absolute Gasteiger partial charge is 0.326 e. The molecule has 19 heavy (non-hydrogen) atoms. The number of carbonyl (C=O) groups is 1. The van der Waals surface area contributed by atoms with E-state index in [0.29, 0.717) is 5.02 Å². The highest BCUT2D eigenvalue weighted by Crippen LogP contribution is 2.29. The molecule has 1 aromatic rings. The van der Waals surface area contributed by atoms with E-state index in [1.54, 1.807) is 6.07 Å². The van der Waals surface area contributed by atoms with Gasteiger partial charge in [-0.15, -0.1) is 12.4 Å². The van der Waals surface area contributed by atoms with Crippen LogP contribution in [0.1, 0.15) is 19.8 Å². The molecule has 2 N–H and O–H groups in total. The van der Waals surface area contributed by atoms with Gasteiger partial charge in [-0.25, -0.2) is 0 Å². The number of nitrogens with one attached hydrogen (secondary N) is 2. The summed E-state index contributed by atoms with van der Waals surface area (Å²) in [6.45, 7) is 3.72. The first-order valence-electron chi connectivity index (χ1n) is 5.98. The molecular formula is C13H17BrCl2N2O. The van der Waals surface area contributed by atoms with Crippen molar-refractivity contribution in [3.63, 3.8) is 0 Å². The van der Waals surface area contributed by atoms with E-state index in [1.807, 2.05) is 19.1 Å². The van der Waals surface area contributed by atoms with Gasteiger partial charge in [-0.05, 0) is 60.4 Å². The van der Waals surface area contributed by atoms with Crippen molar-refractivity contribution < 1.29 is 4.79 Å². The average Bonchev–Trinajstić information content (AvgIpc) is 2.35. The highest BCUT2D eigenvalue weighted by Gasteiger charge is 2.34. The van der Waals surface area contributed by atoms with Gasteiger partial charge in [0, 0.05) is 16.7 Å². The molecule has 1 saturated heterocycles. The molecule has 0 bridgehead atoms. The minimum atomic E-state index is -0.329. The third-order valence-electron chi connectivity index (χ3n) is 3.32. The predicted octanol–water partition coefficient (Wildman–Crippen LogP) is 3.85. The monoisotopic (exact) mass is 366 g/mol. The number of halogens is 3. The van der Waals surface area contributed by atoms with Gasteiger partial charge in [0.15, 0.2) is 0 Å². The summed E-state index contributed by atoms with van der Waals surface area (Å²) >= 11 is 9.27. The van der Waals surface area contributed by atoms with Crippen LogP contribution in [0.2, 0.25) is 5.02 Å². The normalized spacial score (nSPS) is 22.5. The van der Waals surface area contributed by atoms with E-state index >= 15 is 0 Å². The number of carbonyl (C=O) groups excluding carboxylic acids is 1. The molecule has 0 saturated carbocycles. The van der Waals surface area contributed by atoms with Gasteiger partial charge in [0.05, 0.1) is 10.4 Å². The van der Waals surface area contributed by atoms with E-state index < -0.39 is 0 Å². The number of hydrogen-bond donors (Lipinski definition) is 2. The Morgan fingerprint density at radius 1 is 1.53 bits per heavy atom. The Balaban J connectivity index is 0.00000180. The van der Waals surface area contributed by atoms with Crippen molar-refractivity contribution in [2.75, 3.05) is 18.4 Å². The molecule has 0 spiro atoms. The fourth-order valence-corrected chi connectivity index (χ4v) is 2.60. The topological polar surface area (TPSA) is 41.1 Å². The zero-order valence-corrected chi connectivity index (χ0v) is 13.8. The molecule has 1 aromatic carbocycles. The van der Waals surface area contributed by atoms with E-state index in [9.17, 15) is 4.79 Å². The van der Waals surface area contributed by atoms with Crippen LogP contribution in [0.15, 0.2) is 22.7 Å². The molecular weight excluding hydrogens is 351 g/mol. The molecule has 0 aliphatic carbocycles. The number of piperidine rings is 1. The molecule has 1 aliphatic heterocycles. The van der Waals surface area contributed by atoms with Crippen molar-refractivity contribution in [2.24, 2.45) is 5.41 Å². The molecule has 1 unspecified atom stereocenters. The van der Waals surface area contributed by atoms with Crippen LogP contribution in [0, 0.1) is 5.41 Å². The van der Waals surface area contributed by atoms with Crippen LogP contribution in [0.4, 0.5) is 5.69 Å². The van der Waals surface area contributed by atoms with E-state index in [2.05, 4.69) is 26.6 Å². The minimum Gasteiger partial charge on any atom is -0.326 e. The maximum absolute atomic E-state index is 12.3. The molecule has 6 heteroatoms. The van der Waals surface area contributed by atoms with Crippen LogP contribution < -0.4 is 10.6 Å². The smallest absolute Gasteiger partial charge is 0.231 e. The first kappa shape index (κ1) is 16.8. The second-order valence-electron chi connectivity index (χ2n) is 4.92. The summed E-state index contributed by atoms with van der Waals surface area (Å²) in [4.78, 5) is 12.3. The highest BCUT2D eigenvalue weighted by molar-refractivity contribution is 9.10. The maximum Gasteiger partial charge on any atom is 0.231 e. The molecule has 0 aromatic heterocycles. The third kappa shape index (κ3) is 4.09. The molecule has 106 valence electrons. The van der Waals surface area contributed by atoms with Crippen molar-refractivity contribution in [3.8, 4) is 0 Å². The number of anilines is 1. The average molecular weight is 368 g/mol. The number of rotatable bonds is 2. The molecule has 1 fully saturated rings. The van der Waals surface area contributed by atoms with Gasteiger partial charge in [0.1, 0.15) is 0 Å². The Labute approximate surface area is 133 Å². The number of amides is 1. The molecule has 1 heterocycles. The van der Waals surface area contributed by atoms with Gasteiger partial charge < -0.3 is 10.6 Å². The van der Waals surface area contributed by atoms with Crippen LogP contribution in [0.3, 0.4) is 0 Å². The SMILES string of the molecule is CC1(C(=O)Nc2ccc(Cl)c(Br)c2)CCCNC1.Cl. The lowest BCUT2D eigenvalue weighted by Gasteiger charge is -2.32. The van der Waals surface area contributed by atoms with Crippen molar-refractivity contribution in [3.05, 3.63) is 27.7 Å². The summed E-state index contributed by atoms with van der Waals surface area (Å²) in [7, 11) is 0. The molecule has 1 amide bonds. The molecule has 1 aliphatic rings. The zero-order valence-electron chi connectivity index (χ0n) is 10.6. The van der Waals surface area contributed by atoms with E-state index in [1.165, 1.54) is 0 Å². The summed E-state index contributed by atoms with van der Waals surface area (Å²) in [5, 5.41) is 6.86. The first-order valence-corrected chi connectivity index (χ1v) is 7.16. The van der Waals surface area contributed by atoms with E-state index in [-0.39, 0.29) is 23.7 Å². The van der Waals surface area contributed by atoms with Crippen LogP contribution >= 0.6 is 39.9 Å². The Morgan fingerprint density at radius 2 is 2.26 bits per heavy atom. The van der Waals surface area contributed by atoms with Gasteiger partial charge in [-0.1, -0.05) is 11.6 Å². The van der Waals surface area contributed by atoms with Gasteiger partial charge in [-0.3, -0.25) is 4.79 Å². The fraction of sp³-hybridized carbons (Fsp3) is 0.462. The van der Waals surface area contributed by atoms with E-state index in [4.69, 9.17) is 11.6 Å². The zero-order chi connectivity index (χ0) is 13.2. The molecule has 3 nitrogen and oxygen atoms in total. The van der Waals surface area contributed by atoms with Crippen LogP contribution in [0.5, 0.6) is 0 Å². The summed E-state index contributed by atoms with van der Waals surface area (Å²) in [5.41, 5.74) is 0.438. The van der Waals surface area contributed by atoms with Crippen molar-refractivity contribution in [2.45, 2.75) is 19.8 Å². The standard InChI is InChI=1S/C13H16BrClN2O.ClH/c1-13(5-2-6-16-8-13)12(18)17-9-3-4-11(15)10(14)7-9;/h3-4,7,16H,2,5-6,8H2,1H3,(H,17,18);1H. The van der Waals surface area contributed by atoms with Crippen LogP contribution in [0.25, 0.3) is 0 Å². The predicted molar refractivity (Wildman–Crippen MR) is 85.2 cm³/mol. The Hall–Kier alpha value is -0.290. The highest BCUT2D eigenvalue weighted by atomic mass is 79.9. The fourth-order valence-electron chi connectivity index (χ4n) is 2.11.